The average molecular weight is 298 g/mol. The lowest BCUT2D eigenvalue weighted by atomic mass is 10.1. The van der Waals surface area contributed by atoms with E-state index in [1.54, 1.807) is 0 Å². The maximum atomic E-state index is 12.2. The van der Waals surface area contributed by atoms with Crippen LogP contribution in [0.4, 0.5) is 0 Å². The molecule has 0 aliphatic carbocycles. The molecular formula is C16H30N2O3. The molecule has 0 N–H and O–H groups in total. The first-order chi connectivity index (χ1) is 10.1. The first-order valence-corrected chi connectivity index (χ1v) is 8.34. The molecule has 5 nitrogen and oxygen atoms in total. The van der Waals surface area contributed by atoms with Gasteiger partial charge < -0.3 is 14.4 Å². The minimum absolute atomic E-state index is 0.248. The summed E-state index contributed by atoms with van der Waals surface area (Å²) < 4.78 is 11.2. The Kier molecular flexibility index (Phi) is 6.93. The summed E-state index contributed by atoms with van der Waals surface area (Å²) in [5.41, 5.74) is 0. The fourth-order valence-corrected chi connectivity index (χ4v) is 2.81. The zero-order valence-corrected chi connectivity index (χ0v) is 13.6. The highest BCUT2D eigenvalue weighted by Gasteiger charge is 2.24. The summed E-state index contributed by atoms with van der Waals surface area (Å²) >= 11 is 0. The van der Waals surface area contributed by atoms with Crippen LogP contribution in [-0.2, 0) is 14.3 Å². The third kappa shape index (κ3) is 5.93. The van der Waals surface area contributed by atoms with Crippen molar-refractivity contribution in [2.24, 2.45) is 5.92 Å². The Morgan fingerprint density at radius 2 is 1.86 bits per heavy atom. The molecular weight excluding hydrogens is 268 g/mol. The van der Waals surface area contributed by atoms with Crippen molar-refractivity contribution in [3.8, 4) is 0 Å². The number of nitrogens with zero attached hydrogens (tertiary/aromatic N) is 2. The van der Waals surface area contributed by atoms with Crippen LogP contribution in [0.15, 0.2) is 0 Å². The van der Waals surface area contributed by atoms with Crippen molar-refractivity contribution >= 4 is 5.91 Å². The van der Waals surface area contributed by atoms with Crippen molar-refractivity contribution < 1.29 is 14.3 Å². The third-order valence-corrected chi connectivity index (χ3v) is 4.31. The first-order valence-electron chi connectivity index (χ1n) is 8.34. The molecule has 2 saturated heterocycles. The molecule has 2 aliphatic rings. The van der Waals surface area contributed by atoms with Crippen LogP contribution in [0.1, 0.15) is 33.1 Å². The minimum Gasteiger partial charge on any atom is -0.378 e. The number of carbonyl (C=O) groups excluding carboxylic acids is 1. The van der Waals surface area contributed by atoms with Gasteiger partial charge in [-0.2, -0.15) is 0 Å². The molecule has 21 heavy (non-hydrogen) atoms. The van der Waals surface area contributed by atoms with Gasteiger partial charge in [0, 0.05) is 32.8 Å². The van der Waals surface area contributed by atoms with Gasteiger partial charge in [0.1, 0.15) is 0 Å². The van der Waals surface area contributed by atoms with E-state index in [1.165, 1.54) is 0 Å². The molecule has 0 aromatic rings. The van der Waals surface area contributed by atoms with Gasteiger partial charge in [0.2, 0.25) is 5.91 Å². The molecule has 0 bridgehead atoms. The van der Waals surface area contributed by atoms with Gasteiger partial charge in [0.25, 0.3) is 0 Å². The quantitative estimate of drug-likeness (QED) is 0.743. The SMILES string of the molecule is CC(C)CCOC1CCN(CC(=O)N2CCOCC2)CC1. The van der Waals surface area contributed by atoms with Gasteiger partial charge in [-0.15, -0.1) is 0 Å². The van der Waals surface area contributed by atoms with E-state index in [-0.39, 0.29) is 5.91 Å². The number of hydrogen-bond acceptors (Lipinski definition) is 4. The first kappa shape index (κ1) is 16.7. The smallest absolute Gasteiger partial charge is 0.236 e. The second-order valence-electron chi connectivity index (χ2n) is 6.52. The number of piperidine rings is 1. The molecule has 0 radical (unpaired) electrons. The predicted octanol–water partition coefficient (Wildman–Crippen LogP) is 1.37. The van der Waals surface area contributed by atoms with Crippen LogP contribution < -0.4 is 0 Å². The molecule has 0 unspecified atom stereocenters. The number of ether oxygens (including phenoxy) is 2. The Balaban J connectivity index is 1.61. The molecule has 2 heterocycles. The van der Waals surface area contributed by atoms with Crippen LogP contribution in [0.2, 0.25) is 0 Å². The van der Waals surface area contributed by atoms with Gasteiger partial charge in [0.05, 0.1) is 25.9 Å². The zero-order chi connectivity index (χ0) is 15.1. The van der Waals surface area contributed by atoms with Crippen LogP contribution in [0, 0.1) is 5.92 Å². The van der Waals surface area contributed by atoms with Crippen molar-refractivity contribution in [3.05, 3.63) is 0 Å². The molecule has 122 valence electrons. The second kappa shape index (κ2) is 8.71. The minimum atomic E-state index is 0.248. The Labute approximate surface area is 128 Å². The average Bonchev–Trinajstić information content (AvgIpc) is 2.49. The molecule has 0 aromatic heterocycles. The predicted molar refractivity (Wildman–Crippen MR) is 82.3 cm³/mol. The summed E-state index contributed by atoms with van der Waals surface area (Å²) in [6.07, 6.45) is 3.62. The molecule has 2 aliphatic heterocycles. The number of hydrogen-bond donors (Lipinski definition) is 0. The lowest BCUT2D eigenvalue weighted by molar-refractivity contribution is -0.137. The van der Waals surface area contributed by atoms with Crippen molar-refractivity contribution in [2.45, 2.75) is 39.2 Å². The summed E-state index contributed by atoms with van der Waals surface area (Å²) in [6.45, 7) is 10.7. The molecule has 0 spiro atoms. The maximum absolute atomic E-state index is 12.2. The van der Waals surface area contributed by atoms with Crippen LogP contribution in [0.25, 0.3) is 0 Å². The van der Waals surface area contributed by atoms with Gasteiger partial charge in [-0.25, -0.2) is 0 Å². The highest BCUT2D eigenvalue weighted by atomic mass is 16.5. The molecule has 0 atom stereocenters. The highest BCUT2D eigenvalue weighted by Crippen LogP contribution is 2.15. The van der Waals surface area contributed by atoms with Gasteiger partial charge in [-0.3, -0.25) is 9.69 Å². The zero-order valence-electron chi connectivity index (χ0n) is 13.6. The standard InChI is InChI=1S/C16H30N2O3/c1-14(2)5-10-21-15-3-6-17(7-4-15)13-16(19)18-8-11-20-12-9-18/h14-15H,3-13H2,1-2H3. The summed E-state index contributed by atoms with van der Waals surface area (Å²) in [6, 6.07) is 0. The normalized spacial score (nSPS) is 22.0. The molecule has 5 heteroatoms. The third-order valence-electron chi connectivity index (χ3n) is 4.31. The number of morpholine rings is 1. The summed E-state index contributed by atoms with van der Waals surface area (Å²) in [7, 11) is 0. The van der Waals surface area contributed by atoms with E-state index < -0.39 is 0 Å². The topological polar surface area (TPSA) is 42.0 Å². The van der Waals surface area contributed by atoms with Crippen LogP contribution in [0.5, 0.6) is 0 Å². The largest absolute Gasteiger partial charge is 0.378 e. The van der Waals surface area contributed by atoms with E-state index in [0.29, 0.717) is 31.8 Å². The van der Waals surface area contributed by atoms with Gasteiger partial charge in [0.15, 0.2) is 0 Å². The monoisotopic (exact) mass is 298 g/mol. The van der Waals surface area contributed by atoms with E-state index >= 15 is 0 Å². The highest BCUT2D eigenvalue weighted by molar-refractivity contribution is 5.78. The lowest BCUT2D eigenvalue weighted by Gasteiger charge is -2.34. The molecule has 0 aromatic carbocycles. The Bertz CT molecular complexity index is 309. The van der Waals surface area contributed by atoms with Gasteiger partial charge >= 0.3 is 0 Å². The van der Waals surface area contributed by atoms with Crippen molar-refractivity contribution in [3.63, 3.8) is 0 Å². The Morgan fingerprint density at radius 3 is 2.48 bits per heavy atom. The Morgan fingerprint density at radius 1 is 1.19 bits per heavy atom. The van der Waals surface area contributed by atoms with Crippen LogP contribution >= 0.6 is 0 Å². The molecule has 2 rings (SSSR count). The van der Waals surface area contributed by atoms with E-state index in [0.717, 1.165) is 52.0 Å². The van der Waals surface area contributed by atoms with Crippen molar-refractivity contribution in [1.82, 2.24) is 9.80 Å². The van der Waals surface area contributed by atoms with Gasteiger partial charge in [-0.05, 0) is 25.2 Å². The Hall–Kier alpha value is -0.650. The van der Waals surface area contributed by atoms with E-state index in [2.05, 4.69) is 18.7 Å². The van der Waals surface area contributed by atoms with Gasteiger partial charge in [-0.1, -0.05) is 13.8 Å². The number of carbonyl (C=O) groups is 1. The summed E-state index contributed by atoms with van der Waals surface area (Å²) in [4.78, 5) is 16.4. The summed E-state index contributed by atoms with van der Waals surface area (Å²) in [5, 5.41) is 0. The number of amides is 1. The fourth-order valence-electron chi connectivity index (χ4n) is 2.81. The summed E-state index contributed by atoms with van der Waals surface area (Å²) in [5.74, 6) is 0.953. The second-order valence-corrected chi connectivity index (χ2v) is 6.52. The van der Waals surface area contributed by atoms with E-state index in [9.17, 15) is 4.79 Å². The van der Waals surface area contributed by atoms with E-state index in [4.69, 9.17) is 9.47 Å². The maximum Gasteiger partial charge on any atom is 0.236 e. The van der Waals surface area contributed by atoms with Crippen molar-refractivity contribution in [1.29, 1.82) is 0 Å². The number of likely N-dealkylation sites (tertiary alicyclic amines) is 1. The van der Waals surface area contributed by atoms with Crippen molar-refractivity contribution in [2.75, 3.05) is 52.5 Å². The fraction of sp³-hybridized carbons (Fsp3) is 0.938. The molecule has 2 fully saturated rings. The van der Waals surface area contributed by atoms with Crippen LogP contribution in [0.3, 0.4) is 0 Å². The van der Waals surface area contributed by atoms with Crippen LogP contribution in [-0.4, -0.2) is 74.4 Å². The van der Waals surface area contributed by atoms with E-state index in [1.807, 2.05) is 4.90 Å². The number of rotatable bonds is 6. The molecule has 0 saturated carbocycles. The lowest BCUT2D eigenvalue weighted by Crippen LogP contribution is -2.48. The molecule has 1 amide bonds.